The summed E-state index contributed by atoms with van der Waals surface area (Å²) in [6.45, 7) is 6.77. The Balaban J connectivity index is 2.06. The highest BCUT2D eigenvalue weighted by Gasteiger charge is 2.25. The maximum absolute atomic E-state index is 12.4. The number of benzene rings is 1. The van der Waals surface area contributed by atoms with E-state index in [1.807, 2.05) is 32.9 Å². The third-order valence-electron chi connectivity index (χ3n) is 3.90. The minimum absolute atomic E-state index is 0.125. The summed E-state index contributed by atoms with van der Waals surface area (Å²) in [4.78, 5) is 26.1. The zero-order valence-corrected chi connectivity index (χ0v) is 15.1. The molecule has 1 aliphatic heterocycles. The molecular weight excluding hydrogens is 308 g/mol. The first-order valence-electron chi connectivity index (χ1n) is 8.06. The molecule has 0 atom stereocenters. The van der Waals surface area contributed by atoms with Crippen LogP contribution in [0.2, 0.25) is 0 Å². The third kappa shape index (κ3) is 4.40. The molecule has 132 valence electrons. The molecule has 1 heterocycles. The lowest BCUT2D eigenvalue weighted by Crippen LogP contribution is -2.44. The van der Waals surface area contributed by atoms with Crippen molar-refractivity contribution >= 4 is 11.8 Å². The van der Waals surface area contributed by atoms with Gasteiger partial charge in [0.05, 0.1) is 14.2 Å². The Hall–Kier alpha value is -2.24. The Kier molecular flexibility index (Phi) is 5.36. The monoisotopic (exact) mass is 334 g/mol. The average molecular weight is 334 g/mol. The second-order valence-electron chi connectivity index (χ2n) is 7.02. The van der Waals surface area contributed by atoms with E-state index in [0.717, 1.165) is 17.5 Å². The van der Waals surface area contributed by atoms with Crippen LogP contribution in [0.4, 0.5) is 0 Å². The summed E-state index contributed by atoms with van der Waals surface area (Å²) in [5, 5.41) is 2.82. The maximum atomic E-state index is 12.4. The number of fused-ring (bicyclic) bond motifs is 1. The molecule has 0 fully saturated rings. The van der Waals surface area contributed by atoms with Crippen LogP contribution in [0.5, 0.6) is 11.5 Å². The first-order valence-corrected chi connectivity index (χ1v) is 8.06. The molecule has 1 aromatic rings. The van der Waals surface area contributed by atoms with Crippen molar-refractivity contribution in [2.75, 3.05) is 20.8 Å². The van der Waals surface area contributed by atoms with Gasteiger partial charge in [-0.1, -0.05) is 0 Å². The summed E-state index contributed by atoms with van der Waals surface area (Å²) < 4.78 is 10.6. The standard InChI is InChI=1S/C18H26N2O4/c1-18(2,3)19-16(21)10-17(22)20-7-6-12-8-14(23-4)15(24-5)9-13(12)11-20/h8-9H,6-7,10-11H2,1-5H3,(H,19,21). The largest absolute Gasteiger partial charge is 0.493 e. The van der Waals surface area contributed by atoms with Crippen molar-refractivity contribution in [3.05, 3.63) is 23.3 Å². The second-order valence-corrected chi connectivity index (χ2v) is 7.02. The fraction of sp³-hybridized carbons (Fsp3) is 0.556. The van der Waals surface area contributed by atoms with Crippen molar-refractivity contribution in [1.29, 1.82) is 0 Å². The Labute approximate surface area is 143 Å². The molecule has 1 aliphatic rings. The molecule has 24 heavy (non-hydrogen) atoms. The number of rotatable bonds is 4. The summed E-state index contributed by atoms with van der Waals surface area (Å²) in [5.74, 6) is 0.944. The molecule has 0 saturated heterocycles. The average Bonchev–Trinajstić information content (AvgIpc) is 2.50. The molecule has 0 aliphatic carbocycles. The van der Waals surface area contributed by atoms with Gasteiger partial charge >= 0.3 is 0 Å². The fourth-order valence-corrected chi connectivity index (χ4v) is 2.81. The van der Waals surface area contributed by atoms with E-state index in [0.29, 0.717) is 24.6 Å². The number of nitrogens with zero attached hydrogens (tertiary/aromatic N) is 1. The Bertz CT molecular complexity index is 635. The maximum Gasteiger partial charge on any atom is 0.232 e. The van der Waals surface area contributed by atoms with Gasteiger partial charge < -0.3 is 19.7 Å². The fourth-order valence-electron chi connectivity index (χ4n) is 2.81. The van der Waals surface area contributed by atoms with E-state index in [1.165, 1.54) is 0 Å². The molecule has 0 spiro atoms. The Morgan fingerprint density at radius 3 is 2.25 bits per heavy atom. The lowest BCUT2D eigenvalue weighted by atomic mass is 9.98. The van der Waals surface area contributed by atoms with Crippen LogP contribution in [0, 0.1) is 0 Å². The third-order valence-corrected chi connectivity index (χ3v) is 3.90. The molecule has 6 heteroatoms. The van der Waals surface area contributed by atoms with Crippen molar-refractivity contribution in [3.8, 4) is 11.5 Å². The minimum atomic E-state index is -0.338. The minimum Gasteiger partial charge on any atom is -0.493 e. The van der Waals surface area contributed by atoms with Crippen molar-refractivity contribution in [2.45, 2.75) is 45.7 Å². The molecule has 6 nitrogen and oxygen atoms in total. The van der Waals surface area contributed by atoms with Crippen LogP contribution >= 0.6 is 0 Å². The second kappa shape index (κ2) is 7.11. The van der Waals surface area contributed by atoms with Gasteiger partial charge in [0.25, 0.3) is 0 Å². The number of ether oxygens (including phenoxy) is 2. The van der Waals surface area contributed by atoms with Crippen molar-refractivity contribution in [1.82, 2.24) is 10.2 Å². The molecule has 2 amide bonds. The van der Waals surface area contributed by atoms with E-state index in [2.05, 4.69) is 5.32 Å². The van der Waals surface area contributed by atoms with Crippen molar-refractivity contribution < 1.29 is 19.1 Å². The quantitative estimate of drug-likeness (QED) is 0.854. The van der Waals surface area contributed by atoms with Gasteiger partial charge in [0.2, 0.25) is 11.8 Å². The van der Waals surface area contributed by atoms with Crippen LogP contribution in [0.1, 0.15) is 38.3 Å². The van der Waals surface area contributed by atoms with Gasteiger partial charge in [0.15, 0.2) is 11.5 Å². The number of hydrogen-bond donors (Lipinski definition) is 1. The van der Waals surface area contributed by atoms with E-state index >= 15 is 0 Å². The smallest absolute Gasteiger partial charge is 0.232 e. The van der Waals surface area contributed by atoms with Gasteiger partial charge in [-0.25, -0.2) is 0 Å². The van der Waals surface area contributed by atoms with E-state index in [-0.39, 0.29) is 23.8 Å². The number of nitrogens with one attached hydrogen (secondary N) is 1. The normalized spacial score (nSPS) is 14.0. The molecule has 0 unspecified atom stereocenters. The number of carbonyl (C=O) groups is 2. The van der Waals surface area contributed by atoms with E-state index < -0.39 is 0 Å². The van der Waals surface area contributed by atoms with Crippen molar-refractivity contribution in [2.24, 2.45) is 0 Å². The van der Waals surface area contributed by atoms with E-state index in [1.54, 1.807) is 19.1 Å². The van der Waals surface area contributed by atoms with Gasteiger partial charge in [-0.2, -0.15) is 0 Å². The van der Waals surface area contributed by atoms with Crippen LogP contribution in [0.25, 0.3) is 0 Å². The zero-order chi connectivity index (χ0) is 17.9. The predicted octanol–water partition coefficient (Wildman–Crippen LogP) is 1.89. The van der Waals surface area contributed by atoms with Crippen LogP contribution in [-0.4, -0.2) is 43.0 Å². The molecule has 0 radical (unpaired) electrons. The number of amides is 2. The summed E-state index contributed by atoms with van der Waals surface area (Å²) >= 11 is 0. The lowest BCUT2D eigenvalue weighted by Gasteiger charge is -2.30. The van der Waals surface area contributed by atoms with Gasteiger partial charge in [-0.15, -0.1) is 0 Å². The number of carbonyl (C=O) groups excluding carboxylic acids is 2. The summed E-state index contributed by atoms with van der Waals surface area (Å²) in [7, 11) is 3.20. The molecule has 0 saturated carbocycles. The lowest BCUT2D eigenvalue weighted by molar-refractivity contribution is -0.137. The van der Waals surface area contributed by atoms with Crippen LogP contribution in [0.15, 0.2) is 12.1 Å². The van der Waals surface area contributed by atoms with E-state index in [9.17, 15) is 9.59 Å². The van der Waals surface area contributed by atoms with Gasteiger partial charge in [0.1, 0.15) is 6.42 Å². The highest BCUT2D eigenvalue weighted by Crippen LogP contribution is 2.33. The Morgan fingerprint density at radius 1 is 1.12 bits per heavy atom. The SMILES string of the molecule is COc1cc2c(cc1OC)CN(C(=O)CC(=O)NC(C)(C)C)CC2. The number of methoxy groups -OCH3 is 2. The zero-order valence-electron chi connectivity index (χ0n) is 15.1. The molecule has 1 aromatic carbocycles. The molecule has 1 N–H and O–H groups in total. The highest BCUT2D eigenvalue weighted by molar-refractivity contribution is 5.97. The van der Waals surface area contributed by atoms with Gasteiger partial charge in [0, 0.05) is 18.6 Å². The first kappa shape index (κ1) is 18.1. The van der Waals surface area contributed by atoms with Crippen LogP contribution in [-0.2, 0) is 22.6 Å². The molecule has 2 rings (SSSR count). The summed E-state index contributed by atoms with van der Waals surface area (Å²) in [5.41, 5.74) is 1.84. The molecule has 0 aromatic heterocycles. The first-order chi connectivity index (χ1) is 11.2. The van der Waals surface area contributed by atoms with Crippen molar-refractivity contribution in [3.63, 3.8) is 0 Å². The van der Waals surface area contributed by atoms with Gasteiger partial charge in [-0.3, -0.25) is 9.59 Å². The van der Waals surface area contributed by atoms with E-state index in [4.69, 9.17) is 9.47 Å². The molecular formula is C18H26N2O4. The predicted molar refractivity (Wildman–Crippen MR) is 91.2 cm³/mol. The summed E-state index contributed by atoms with van der Waals surface area (Å²) in [6, 6.07) is 3.87. The topological polar surface area (TPSA) is 67.9 Å². The Morgan fingerprint density at radius 2 is 1.71 bits per heavy atom. The summed E-state index contributed by atoms with van der Waals surface area (Å²) in [6.07, 6.45) is 0.613. The molecule has 0 bridgehead atoms. The van der Waals surface area contributed by atoms with Crippen LogP contribution in [0.3, 0.4) is 0 Å². The van der Waals surface area contributed by atoms with Gasteiger partial charge in [-0.05, 0) is 50.5 Å². The van der Waals surface area contributed by atoms with Crippen LogP contribution < -0.4 is 14.8 Å². The number of hydrogen-bond acceptors (Lipinski definition) is 4. The highest BCUT2D eigenvalue weighted by atomic mass is 16.5.